The summed E-state index contributed by atoms with van der Waals surface area (Å²) in [5.41, 5.74) is 4.35. The van der Waals surface area contributed by atoms with Gasteiger partial charge in [-0.2, -0.15) is 0 Å². The van der Waals surface area contributed by atoms with Crippen LogP contribution in [0.2, 0.25) is 0 Å². The minimum atomic E-state index is -0.213. The molecule has 0 unspecified atom stereocenters. The number of aliphatic hydroxyl groups excluding tert-OH is 2. The van der Waals surface area contributed by atoms with Crippen molar-refractivity contribution < 1.29 is 20.4 Å². The molecule has 0 aliphatic carbocycles. The lowest BCUT2D eigenvalue weighted by atomic mass is 9.88. The molecule has 0 aliphatic rings. The minimum absolute atomic E-state index is 0.0947. The summed E-state index contributed by atoms with van der Waals surface area (Å²) in [5, 5.41) is 38.3. The summed E-state index contributed by atoms with van der Waals surface area (Å²) in [6, 6.07) is 6.25. The van der Waals surface area contributed by atoms with E-state index in [1.807, 2.05) is 13.8 Å². The number of phenols is 2. The molecule has 4 heteroatoms. The van der Waals surface area contributed by atoms with Crippen molar-refractivity contribution in [3.63, 3.8) is 0 Å². The summed E-state index contributed by atoms with van der Waals surface area (Å²) in [6.45, 7) is 3.24. The third-order valence-corrected chi connectivity index (χ3v) is 3.39. The van der Waals surface area contributed by atoms with Gasteiger partial charge in [-0.1, -0.05) is 0 Å². The Morgan fingerprint density at radius 3 is 1.35 bits per heavy atom. The molecule has 0 aromatic heterocycles. The van der Waals surface area contributed by atoms with Gasteiger partial charge in [0.15, 0.2) is 0 Å². The van der Waals surface area contributed by atoms with Gasteiger partial charge in [0.2, 0.25) is 0 Å². The molecule has 106 valence electrons. The molecule has 4 nitrogen and oxygen atoms in total. The second kappa shape index (κ2) is 5.53. The number of hydrogen-bond acceptors (Lipinski definition) is 4. The van der Waals surface area contributed by atoms with Crippen LogP contribution in [0.25, 0.3) is 11.1 Å². The number of rotatable bonds is 3. The van der Waals surface area contributed by atoms with E-state index in [2.05, 4.69) is 0 Å². The minimum Gasteiger partial charge on any atom is -0.508 e. The van der Waals surface area contributed by atoms with Crippen molar-refractivity contribution in [1.82, 2.24) is 0 Å². The highest BCUT2D eigenvalue weighted by molar-refractivity contribution is 5.78. The molecule has 2 aromatic rings. The zero-order valence-corrected chi connectivity index (χ0v) is 11.5. The molecule has 0 saturated heterocycles. The summed E-state index contributed by atoms with van der Waals surface area (Å²) in [6.07, 6.45) is 0. The fraction of sp³-hybridized carbons (Fsp3) is 0.250. The maximum atomic E-state index is 9.64. The summed E-state index contributed by atoms with van der Waals surface area (Å²) in [4.78, 5) is 0. The molecule has 0 saturated carbocycles. The lowest BCUT2D eigenvalue weighted by Crippen LogP contribution is -1.99. The smallest absolute Gasteiger partial charge is 0.116 e. The molecular weight excluding hydrogens is 256 g/mol. The zero-order valence-electron chi connectivity index (χ0n) is 11.5. The van der Waals surface area contributed by atoms with Gasteiger partial charge in [0.25, 0.3) is 0 Å². The standard InChI is InChI=1S/C16H18O4/c1-9-3-13(19)5-11(7-17)15(9)16-10(2)4-14(20)6-12(16)8-18/h3-6,17-20H,7-8H2,1-2H3. The third kappa shape index (κ3) is 2.48. The highest BCUT2D eigenvalue weighted by Crippen LogP contribution is 2.37. The van der Waals surface area contributed by atoms with Gasteiger partial charge in [0, 0.05) is 0 Å². The lowest BCUT2D eigenvalue weighted by molar-refractivity contribution is 0.279. The average Bonchev–Trinajstić information content (AvgIpc) is 2.38. The van der Waals surface area contributed by atoms with Crippen LogP contribution in [0.1, 0.15) is 22.3 Å². The highest BCUT2D eigenvalue weighted by atomic mass is 16.3. The maximum Gasteiger partial charge on any atom is 0.116 e. The maximum absolute atomic E-state index is 9.64. The van der Waals surface area contributed by atoms with Crippen molar-refractivity contribution in [1.29, 1.82) is 0 Å². The number of benzene rings is 2. The van der Waals surface area contributed by atoms with Gasteiger partial charge in [-0.3, -0.25) is 0 Å². The van der Waals surface area contributed by atoms with Crippen LogP contribution in [0.15, 0.2) is 24.3 Å². The molecule has 0 radical (unpaired) electrons. The van der Waals surface area contributed by atoms with Gasteiger partial charge < -0.3 is 20.4 Å². The van der Waals surface area contributed by atoms with Crippen LogP contribution in [-0.4, -0.2) is 20.4 Å². The molecular formula is C16H18O4. The van der Waals surface area contributed by atoms with Crippen LogP contribution >= 0.6 is 0 Å². The van der Waals surface area contributed by atoms with Gasteiger partial charge in [-0.25, -0.2) is 0 Å². The molecule has 2 rings (SSSR count). The average molecular weight is 274 g/mol. The zero-order chi connectivity index (χ0) is 14.9. The normalized spacial score (nSPS) is 10.8. The third-order valence-electron chi connectivity index (χ3n) is 3.39. The molecule has 0 spiro atoms. The van der Waals surface area contributed by atoms with Crippen LogP contribution in [-0.2, 0) is 13.2 Å². The van der Waals surface area contributed by atoms with Crippen molar-refractivity contribution in [3.8, 4) is 22.6 Å². The number of aryl methyl sites for hydroxylation is 2. The monoisotopic (exact) mass is 274 g/mol. The summed E-state index contributed by atoms with van der Waals surface area (Å²) >= 11 is 0. The van der Waals surface area contributed by atoms with E-state index in [0.29, 0.717) is 11.1 Å². The van der Waals surface area contributed by atoms with Gasteiger partial charge in [0.05, 0.1) is 13.2 Å². The number of aliphatic hydroxyl groups is 2. The van der Waals surface area contributed by atoms with E-state index in [4.69, 9.17) is 0 Å². The Hall–Kier alpha value is -2.04. The second-order valence-corrected chi connectivity index (χ2v) is 4.91. The van der Waals surface area contributed by atoms with Crippen LogP contribution in [0.3, 0.4) is 0 Å². The Morgan fingerprint density at radius 2 is 1.05 bits per heavy atom. The molecule has 20 heavy (non-hydrogen) atoms. The van der Waals surface area contributed by atoms with Crippen LogP contribution in [0, 0.1) is 13.8 Å². The number of phenolic OH excluding ortho intramolecular Hbond substituents is 2. The fourth-order valence-electron chi connectivity index (χ4n) is 2.64. The fourth-order valence-corrected chi connectivity index (χ4v) is 2.64. The Bertz CT molecular complexity index is 590. The quantitative estimate of drug-likeness (QED) is 0.692. The Balaban J connectivity index is 2.81. The van der Waals surface area contributed by atoms with Gasteiger partial charge in [-0.15, -0.1) is 0 Å². The van der Waals surface area contributed by atoms with Crippen molar-refractivity contribution in [2.75, 3.05) is 0 Å². The molecule has 0 atom stereocenters. The molecule has 2 aromatic carbocycles. The first-order valence-electron chi connectivity index (χ1n) is 6.35. The topological polar surface area (TPSA) is 80.9 Å². The van der Waals surface area contributed by atoms with E-state index < -0.39 is 0 Å². The summed E-state index contributed by atoms with van der Waals surface area (Å²) in [7, 11) is 0. The summed E-state index contributed by atoms with van der Waals surface area (Å²) < 4.78 is 0. The van der Waals surface area contributed by atoms with E-state index >= 15 is 0 Å². The molecule has 0 amide bonds. The lowest BCUT2D eigenvalue weighted by Gasteiger charge is -2.18. The first-order valence-corrected chi connectivity index (χ1v) is 6.35. The predicted octanol–water partition coefficient (Wildman–Crippen LogP) is 2.37. The van der Waals surface area contributed by atoms with E-state index in [-0.39, 0.29) is 24.7 Å². The van der Waals surface area contributed by atoms with Gasteiger partial charge in [0.1, 0.15) is 11.5 Å². The van der Waals surface area contributed by atoms with Crippen molar-refractivity contribution in [2.45, 2.75) is 27.1 Å². The Kier molecular flexibility index (Phi) is 3.97. The molecule has 0 heterocycles. The van der Waals surface area contributed by atoms with E-state index in [1.165, 1.54) is 12.1 Å². The predicted molar refractivity (Wildman–Crippen MR) is 76.5 cm³/mol. The Labute approximate surface area is 117 Å². The van der Waals surface area contributed by atoms with E-state index in [0.717, 1.165) is 22.3 Å². The highest BCUT2D eigenvalue weighted by Gasteiger charge is 2.16. The summed E-state index contributed by atoms with van der Waals surface area (Å²) in [5.74, 6) is 0.189. The molecule has 0 bridgehead atoms. The van der Waals surface area contributed by atoms with Gasteiger partial charge >= 0.3 is 0 Å². The molecule has 0 aliphatic heterocycles. The van der Waals surface area contributed by atoms with Crippen molar-refractivity contribution in [3.05, 3.63) is 46.5 Å². The number of hydrogen-bond donors (Lipinski definition) is 4. The number of aromatic hydroxyl groups is 2. The van der Waals surface area contributed by atoms with Crippen LogP contribution in [0.4, 0.5) is 0 Å². The van der Waals surface area contributed by atoms with Gasteiger partial charge in [-0.05, 0) is 71.5 Å². The molecule has 4 N–H and O–H groups in total. The molecule has 0 fully saturated rings. The van der Waals surface area contributed by atoms with Crippen molar-refractivity contribution in [2.24, 2.45) is 0 Å². The van der Waals surface area contributed by atoms with Crippen molar-refractivity contribution >= 4 is 0 Å². The first kappa shape index (κ1) is 14.4. The van der Waals surface area contributed by atoms with Crippen LogP contribution in [0.5, 0.6) is 11.5 Å². The largest absolute Gasteiger partial charge is 0.508 e. The van der Waals surface area contributed by atoms with E-state index in [9.17, 15) is 20.4 Å². The SMILES string of the molecule is Cc1cc(O)cc(CO)c1-c1c(C)cc(O)cc1CO. The van der Waals surface area contributed by atoms with E-state index in [1.54, 1.807) is 12.1 Å². The second-order valence-electron chi connectivity index (χ2n) is 4.91. The van der Waals surface area contributed by atoms with Crippen LogP contribution < -0.4 is 0 Å². The first-order chi connectivity index (χ1) is 9.47. The Morgan fingerprint density at radius 1 is 0.700 bits per heavy atom.